The standard InChI is InChI=1S/C20H18N4O5S/c1-11-8-13(23-29-11)18(25)22-20-21-12-6-7-24(9-17(12)30-20)19(26)16-10-27-14-4-2-3-5-15(14)28-16/h2-5,8,16H,6-7,9-10H2,1H3,(H,21,22,25)/t16-/m1/s1. The Morgan fingerprint density at radius 2 is 2.10 bits per heavy atom. The predicted octanol–water partition coefficient (Wildman–Crippen LogP) is 2.42. The number of aryl methyl sites for hydroxylation is 1. The van der Waals surface area contributed by atoms with Crippen LogP contribution in [0.15, 0.2) is 34.9 Å². The van der Waals surface area contributed by atoms with Gasteiger partial charge in [-0.25, -0.2) is 4.98 Å². The van der Waals surface area contributed by atoms with Crippen LogP contribution >= 0.6 is 11.3 Å². The number of carbonyl (C=O) groups excluding carboxylic acids is 2. The largest absolute Gasteiger partial charge is 0.485 e. The van der Waals surface area contributed by atoms with Gasteiger partial charge in [-0.3, -0.25) is 14.9 Å². The normalized spacial score (nSPS) is 17.4. The lowest BCUT2D eigenvalue weighted by Gasteiger charge is -2.32. The van der Waals surface area contributed by atoms with Crippen LogP contribution in [0, 0.1) is 6.92 Å². The third kappa shape index (κ3) is 3.50. The van der Waals surface area contributed by atoms with Gasteiger partial charge in [0.25, 0.3) is 11.8 Å². The minimum absolute atomic E-state index is 0.118. The molecule has 1 aromatic carbocycles. The van der Waals surface area contributed by atoms with Crippen molar-refractivity contribution in [1.82, 2.24) is 15.0 Å². The summed E-state index contributed by atoms with van der Waals surface area (Å²) in [6, 6.07) is 8.87. The molecule has 0 bridgehead atoms. The minimum Gasteiger partial charge on any atom is -0.485 e. The van der Waals surface area contributed by atoms with Crippen LogP contribution < -0.4 is 14.8 Å². The third-order valence-electron chi connectivity index (χ3n) is 4.91. The van der Waals surface area contributed by atoms with Gasteiger partial charge < -0.3 is 18.9 Å². The second-order valence-corrected chi connectivity index (χ2v) is 8.12. The van der Waals surface area contributed by atoms with Crippen molar-refractivity contribution in [2.75, 3.05) is 18.5 Å². The van der Waals surface area contributed by atoms with E-state index in [1.807, 2.05) is 18.2 Å². The van der Waals surface area contributed by atoms with E-state index in [0.717, 1.165) is 10.6 Å². The lowest BCUT2D eigenvalue weighted by atomic mass is 10.1. The SMILES string of the molecule is Cc1cc(C(=O)Nc2nc3c(s2)CN(C(=O)[C@H]2COc4ccccc4O2)CC3)no1. The van der Waals surface area contributed by atoms with Crippen LogP contribution in [0.1, 0.15) is 26.8 Å². The number of nitrogens with one attached hydrogen (secondary N) is 1. The summed E-state index contributed by atoms with van der Waals surface area (Å²) >= 11 is 1.35. The Morgan fingerprint density at radius 1 is 1.27 bits per heavy atom. The van der Waals surface area contributed by atoms with Gasteiger partial charge in [0.1, 0.15) is 12.4 Å². The summed E-state index contributed by atoms with van der Waals surface area (Å²) in [6.45, 7) is 2.86. The first-order valence-electron chi connectivity index (χ1n) is 9.47. The molecule has 1 N–H and O–H groups in total. The van der Waals surface area contributed by atoms with E-state index in [4.69, 9.17) is 14.0 Å². The minimum atomic E-state index is -0.677. The summed E-state index contributed by atoms with van der Waals surface area (Å²) in [5.41, 5.74) is 1.09. The summed E-state index contributed by atoms with van der Waals surface area (Å²) in [4.78, 5) is 32.4. The van der Waals surface area contributed by atoms with Crippen LogP contribution in [0.4, 0.5) is 5.13 Å². The molecule has 3 aromatic rings. The molecule has 2 amide bonds. The van der Waals surface area contributed by atoms with Gasteiger partial charge in [0.15, 0.2) is 22.3 Å². The number of amides is 2. The number of aromatic nitrogens is 2. The van der Waals surface area contributed by atoms with Gasteiger partial charge in [0, 0.05) is 23.9 Å². The van der Waals surface area contributed by atoms with Gasteiger partial charge in [-0.2, -0.15) is 0 Å². The molecule has 2 aliphatic rings. The molecular formula is C20H18N4O5S. The second kappa shape index (κ2) is 7.45. The lowest BCUT2D eigenvalue weighted by molar-refractivity contribution is -0.142. The van der Waals surface area contributed by atoms with Gasteiger partial charge in [-0.15, -0.1) is 0 Å². The molecule has 0 saturated carbocycles. The fourth-order valence-corrected chi connectivity index (χ4v) is 4.44. The van der Waals surface area contributed by atoms with Crippen molar-refractivity contribution in [3.63, 3.8) is 0 Å². The molecular weight excluding hydrogens is 408 g/mol. The first-order chi connectivity index (χ1) is 14.6. The maximum absolute atomic E-state index is 13.0. The molecule has 0 unspecified atom stereocenters. The van der Waals surface area contributed by atoms with E-state index in [1.165, 1.54) is 11.3 Å². The lowest BCUT2D eigenvalue weighted by Crippen LogP contribution is -2.47. The highest BCUT2D eigenvalue weighted by atomic mass is 32.1. The first kappa shape index (κ1) is 18.6. The molecule has 0 fully saturated rings. The number of para-hydroxylation sites is 2. The molecule has 0 aliphatic carbocycles. The van der Waals surface area contributed by atoms with Crippen molar-refractivity contribution in [2.24, 2.45) is 0 Å². The van der Waals surface area contributed by atoms with Crippen LogP contribution in [0.2, 0.25) is 0 Å². The summed E-state index contributed by atoms with van der Waals surface area (Å²) in [7, 11) is 0. The zero-order valence-corrected chi connectivity index (χ0v) is 16.9. The first-order valence-corrected chi connectivity index (χ1v) is 10.3. The predicted molar refractivity (Wildman–Crippen MR) is 107 cm³/mol. The van der Waals surface area contributed by atoms with E-state index >= 15 is 0 Å². The number of carbonyl (C=O) groups is 2. The average Bonchev–Trinajstić information content (AvgIpc) is 3.37. The smallest absolute Gasteiger partial charge is 0.279 e. The Labute approximate surface area is 175 Å². The van der Waals surface area contributed by atoms with E-state index in [2.05, 4.69) is 15.5 Å². The molecule has 5 rings (SSSR count). The zero-order valence-electron chi connectivity index (χ0n) is 16.1. The molecule has 0 radical (unpaired) electrons. The summed E-state index contributed by atoms with van der Waals surface area (Å²) in [5.74, 6) is 1.28. The maximum Gasteiger partial charge on any atom is 0.279 e. The van der Waals surface area contributed by atoms with Crippen LogP contribution in [-0.2, 0) is 17.8 Å². The number of anilines is 1. The number of ether oxygens (including phenoxy) is 2. The average molecular weight is 426 g/mol. The molecule has 9 nitrogen and oxygen atoms in total. The van der Waals surface area contributed by atoms with Crippen LogP contribution in [0.25, 0.3) is 0 Å². The van der Waals surface area contributed by atoms with Crippen molar-refractivity contribution >= 4 is 28.3 Å². The quantitative estimate of drug-likeness (QED) is 0.685. The van der Waals surface area contributed by atoms with E-state index < -0.39 is 6.10 Å². The molecule has 10 heteroatoms. The Hall–Kier alpha value is -3.40. The fourth-order valence-electron chi connectivity index (χ4n) is 3.42. The number of thiazole rings is 1. The van der Waals surface area contributed by atoms with Crippen LogP contribution in [0.5, 0.6) is 11.5 Å². The molecule has 1 atom stereocenters. The number of fused-ring (bicyclic) bond motifs is 2. The van der Waals surface area contributed by atoms with Crippen molar-refractivity contribution in [3.8, 4) is 11.5 Å². The highest BCUT2D eigenvalue weighted by Crippen LogP contribution is 2.33. The number of benzene rings is 1. The molecule has 2 aliphatic heterocycles. The van der Waals surface area contributed by atoms with Crippen molar-refractivity contribution in [1.29, 1.82) is 0 Å². The Bertz CT molecular complexity index is 1120. The van der Waals surface area contributed by atoms with Gasteiger partial charge in [-0.1, -0.05) is 28.6 Å². The summed E-state index contributed by atoms with van der Waals surface area (Å²) < 4.78 is 16.4. The van der Waals surface area contributed by atoms with Gasteiger partial charge in [0.05, 0.1) is 12.2 Å². The monoisotopic (exact) mass is 426 g/mol. The second-order valence-electron chi connectivity index (χ2n) is 7.04. The highest BCUT2D eigenvalue weighted by Gasteiger charge is 2.33. The van der Waals surface area contributed by atoms with Crippen LogP contribution in [0.3, 0.4) is 0 Å². The molecule has 154 valence electrons. The number of hydrogen-bond acceptors (Lipinski definition) is 8. The Morgan fingerprint density at radius 3 is 2.90 bits per heavy atom. The third-order valence-corrected chi connectivity index (χ3v) is 5.91. The van der Waals surface area contributed by atoms with Gasteiger partial charge in [0.2, 0.25) is 6.10 Å². The molecule has 0 spiro atoms. The topological polar surface area (TPSA) is 107 Å². The van der Waals surface area contributed by atoms with E-state index in [0.29, 0.717) is 41.9 Å². The highest BCUT2D eigenvalue weighted by molar-refractivity contribution is 7.15. The van der Waals surface area contributed by atoms with Crippen molar-refractivity contribution in [2.45, 2.75) is 26.0 Å². The molecule has 30 heavy (non-hydrogen) atoms. The Kier molecular flexibility index (Phi) is 4.62. The Balaban J connectivity index is 1.25. The van der Waals surface area contributed by atoms with Gasteiger partial charge >= 0.3 is 0 Å². The van der Waals surface area contributed by atoms with Crippen LogP contribution in [-0.4, -0.2) is 46.1 Å². The molecule has 2 aromatic heterocycles. The zero-order chi connectivity index (χ0) is 20.7. The van der Waals surface area contributed by atoms with Crippen molar-refractivity contribution < 1.29 is 23.6 Å². The summed E-state index contributed by atoms with van der Waals surface area (Å²) in [6.07, 6.45) is -0.0651. The van der Waals surface area contributed by atoms with E-state index in [9.17, 15) is 9.59 Å². The summed E-state index contributed by atoms with van der Waals surface area (Å²) in [5, 5.41) is 6.93. The molecule has 0 saturated heterocycles. The molecule has 4 heterocycles. The maximum atomic E-state index is 13.0. The number of nitrogens with zero attached hydrogens (tertiary/aromatic N) is 3. The number of rotatable bonds is 3. The van der Waals surface area contributed by atoms with E-state index in [-0.39, 0.29) is 24.1 Å². The fraction of sp³-hybridized carbons (Fsp3) is 0.300. The number of hydrogen-bond donors (Lipinski definition) is 1. The van der Waals surface area contributed by atoms with E-state index in [1.54, 1.807) is 24.0 Å². The van der Waals surface area contributed by atoms with Gasteiger partial charge in [-0.05, 0) is 19.1 Å². The van der Waals surface area contributed by atoms with Crippen molar-refractivity contribution in [3.05, 3.63) is 52.4 Å².